The van der Waals surface area contributed by atoms with Crippen molar-refractivity contribution in [2.75, 3.05) is 15.8 Å². The Bertz CT molecular complexity index is 1230. The van der Waals surface area contributed by atoms with Gasteiger partial charge >= 0.3 is 0 Å². The topological polar surface area (TPSA) is 78.3 Å². The first-order valence-corrected chi connectivity index (χ1v) is 14.2. The third-order valence-corrected chi connectivity index (χ3v) is 10.7. The molecule has 0 aromatic heterocycles. The fourth-order valence-corrected chi connectivity index (χ4v) is 8.93. The van der Waals surface area contributed by atoms with Crippen molar-refractivity contribution in [1.29, 1.82) is 4.78 Å². The molecule has 5 rings (SSSR count). The number of nitrogens with zero attached hydrogens (tertiary/aromatic N) is 1. The van der Waals surface area contributed by atoms with E-state index in [4.69, 9.17) is 4.78 Å². The SMILES string of the molecule is CC=Cc1ccc(S(=N)(=O)N2c3ccccc3C3(CCS(=O)(=O)CC3)C2C2CC2)cc1. The Hall–Kier alpha value is -2.12. The van der Waals surface area contributed by atoms with Crippen LogP contribution in [0.25, 0.3) is 6.08 Å². The summed E-state index contributed by atoms with van der Waals surface area (Å²) in [6.45, 7) is 1.95. The minimum Gasteiger partial charge on any atom is -0.278 e. The van der Waals surface area contributed by atoms with E-state index in [1.807, 2.05) is 53.7 Å². The van der Waals surface area contributed by atoms with Gasteiger partial charge < -0.3 is 0 Å². The number of nitrogens with one attached hydrogen (secondary N) is 1. The summed E-state index contributed by atoms with van der Waals surface area (Å²) in [5.74, 6) is 0.673. The van der Waals surface area contributed by atoms with Crippen molar-refractivity contribution in [2.45, 2.75) is 49.0 Å². The highest BCUT2D eigenvalue weighted by Crippen LogP contribution is 2.59. The molecule has 1 N–H and O–H groups in total. The minimum atomic E-state index is -3.28. The third kappa shape index (κ3) is 3.33. The summed E-state index contributed by atoms with van der Waals surface area (Å²) in [6.07, 6.45) is 7.09. The quantitative estimate of drug-likeness (QED) is 0.719. The maximum Gasteiger partial charge on any atom is 0.159 e. The molecule has 2 atom stereocenters. The van der Waals surface area contributed by atoms with Crippen LogP contribution in [0.15, 0.2) is 59.5 Å². The predicted octanol–water partition coefficient (Wildman–Crippen LogP) is 4.79. The molecule has 31 heavy (non-hydrogen) atoms. The van der Waals surface area contributed by atoms with Crippen molar-refractivity contribution in [2.24, 2.45) is 5.92 Å². The summed E-state index contributed by atoms with van der Waals surface area (Å²) in [5, 5.41) is 0. The van der Waals surface area contributed by atoms with Gasteiger partial charge in [0.05, 0.1) is 28.1 Å². The van der Waals surface area contributed by atoms with Gasteiger partial charge in [-0.1, -0.05) is 42.5 Å². The Morgan fingerprint density at radius 3 is 2.32 bits per heavy atom. The summed E-state index contributed by atoms with van der Waals surface area (Å²) in [7, 11) is -6.32. The lowest BCUT2D eigenvalue weighted by atomic mass is 9.70. The van der Waals surface area contributed by atoms with E-state index in [1.165, 1.54) is 0 Å². The van der Waals surface area contributed by atoms with Crippen molar-refractivity contribution >= 4 is 31.5 Å². The van der Waals surface area contributed by atoms with E-state index < -0.39 is 19.8 Å². The van der Waals surface area contributed by atoms with Crippen LogP contribution in [0.5, 0.6) is 0 Å². The molecule has 2 fully saturated rings. The van der Waals surface area contributed by atoms with Crippen LogP contribution in [0, 0.1) is 10.7 Å². The number of allylic oxidation sites excluding steroid dienone is 1. The number of para-hydroxylation sites is 1. The molecule has 2 aromatic carbocycles. The highest BCUT2D eigenvalue weighted by Gasteiger charge is 2.59. The molecule has 1 spiro atoms. The number of sulfone groups is 1. The molecule has 0 radical (unpaired) electrons. The zero-order valence-electron chi connectivity index (χ0n) is 17.7. The fourth-order valence-electron chi connectivity index (χ4n) is 5.51. The lowest BCUT2D eigenvalue weighted by molar-refractivity contribution is 0.310. The lowest BCUT2D eigenvalue weighted by Crippen LogP contribution is -2.51. The van der Waals surface area contributed by atoms with E-state index in [0.717, 1.165) is 29.7 Å². The summed E-state index contributed by atoms with van der Waals surface area (Å²) in [6, 6.07) is 15.2. The number of anilines is 1. The Balaban J connectivity index is 1.64. The first kappa shape index (κ1) is 20.8. The Labute approximate surface area is 185 Å². The zero-order chi connectivity index (χ0) is 21.9. The Morgan fingerprint density at radius 2 is 1.71 bits per heavy atom. The molecule has 1 saturated carbocycles. The van der Waals surface area contributed by atoms with Crippen LogP contribution >= 0.6 is 0 Å². The van der Waals surface area contributed by atoms with Crippen LogP contribution in [-0.2, 0) is 25.2 Å². The molecule has 0 amide bonds. The van der Waals surface area contributed by atoms with Gasteiger partial charge in [0.2, 0.25) is 0 Å². The number of rotatable bonds is 4. The number of fused-ring (bicyclic) bond motifs is 2. The molecule has 164 valence electrons. The average Bonchev–Trinajstić information content (AvgIpc) is 3.54. The standard InChI is InChI=1S/C24H28N2O3S2/c1-2-5-18-8-12-20(13-9-18)31(25,29)26-22-7-4-3-6-21(22)24(23(26)19-10-11-19)14-16-30(27,28)17-15-24/h2-9,12-13,19,23,25H,10-11,14-17H2,1H3. The highest BCUT2D eigenvalue weighted by atomic mass is 32.2. The van der Waals surface area contributed by atoms with Crippen molar-refractivity contribution in [1.82, 2.24) is 0 Å². The Morgan fingerprint density at radius 1 is 1.06 bits per heavy atom. The molecule has 7 heteroatoms. The van der Waals surface area contributed by atoms with Gasteiger partial charge in [-0.3, -0.25) is 4.31 Å². The van der Waals surface area contributed by atoms with Gasteiger partial charge in [0.15, 0.2) is 9.92 Å². The second kappa shape index (κ2) is 7.20. The van der Waals surface area contributed by atoms with Gasteiger partial charge in [0.1, 0.15) is 9.84 Å². The molecule has 5 nitrogen and oxygen atoms in total. The van der Waals surface area contributed by atoms with Crippen molar-refractivity contribution in [3.05, 3.63) is 65.7 Å². The lowest BCUT2D eigenvalue weighted by Gasteiger charge is -2.42. The van der Waals surface area contributed by atoms with Crippen LogP contribution in [0.1, 0.15) is 43.7 Å². The number of benzene rings is 2. The molecule has 0 bridgehead atoms. The molecule has 2 unspecified atom stereocenters. The molecule has 2 aromatic rings. The van der Waals surface area contributed by atoms with Crippen LogP contribution in [0.2, 0.25) is 0 Å². The summed E-state index contributed by atoms with van der Waals surface area (Å²) >= 11 is 0. The first-order chi connectivity index (χ1) is 14.8. The monoisotopic (exact) mass is 456 g/mol. The average molecular weight is 457 g/mol. The molecular formula is C24H28N2O3S2. The van der Waals surface area contributed by atoms with Crippen molar-refractivity contribution < 1.29 is 12.6 Å². The van der Waals surface area contributed by atoms with Crippen LogP contribution in [0.3, 0.4) is 0 Å². The van der Waals surface area contributed by atoms with Gasteiger partial charge in [-0.2, -0.15) is 0 Å². The normalized spacial score (nSPS) is 26.1. The van der Waals surface area contributed by atoms with Gasteiger partial charge in [-0.15, -0.1) is 0 Å². The largest absolute Gasteiger partial charge is 0.278 e. The predicted molar refractivity (Wildman–Crippen MR) is 125 cm³/mol. The second-order valence-electron chi connectivity index (χ2n) is 9.03. The van der Waals surface area contributed by atoms with Crippen LogP contribution in [0.4, 0.5) is 5.69 Å². The molecular weight excluding hydrogens is 428 g/mol. The van der Waals surface area contributed by atoms with E-state index >= 15 is 0 Å². The fraction of sp³-hybridized carbons (Fsp3) is 0.417. The molecule has 1 saturated heterocycles. The van der Waals surface area contributed by atoms with Crippen LogP contribution < -0.4 is 4.31 Å². The summed E-state index contributed by atoms with van der Waals surface area (Å²) < 4.78 is 49.7. The molecule has 2 heterocycles. The molecule has 2 aliphatic heterocycles. The van der Waals surface area contributed by atoms with Crippen LogP contribution in [-0.4, -0.2) is 30.2 Å². The zero-order valence-corrected chi connectivity index (χ0v) is 19.3. The van der Waals surface area contributed by atoms with E-state index in [0.29, 0.717) is 23.7 Å². The Kier molecular flexibility index (Phi) is 4.83. The first-order valence-electron chi connectivity index (χ1n) is 10.9. The van der Waals surface area contributed by atoms with Crippen molar-refractivity contribution in [3.8, 4) is 0 Å². The van der Waals surface area contributed by atoms with Crippen molar-refractivity contribution in [3.63, 3.8) is 0 Å². The highest BCUT2D eigenvalue weighted by molar-refractivity contribution is 7.94. The van der Waals surface area contributed by atoms with E-state index in [-0.39, 0.29) is 23.0 Å². The number of hydrogen-bond acceptors (Lipinski definition) is 4. The second-order valence-corrected chi connectivity index (χ2v) is 13.2. The van der Waals surface area contributed by atoms with E-state index in [9.17, 15) is 12.6 Å². The van der Waals surface area contributed by atoms with Gasteiger partial charge in [0.25, 0.3) is 0 Å². The number of hydrogen-bond donors (Lipinski definition) is 1. The smallest absolute Gasteiger partial charge is 0.159 e. The van der Waals surface area contributed by atoms with Gasteiger partial charge in [-0.05, 0) is 67.9 Å². The maximum atomic E-state index is 14.2. The molecule has 1 aliphatic carbocycles. The van der Waals surface area contributed by atoms with Gasteiger partial charge in [-0.25, -0.2) is 17.4 Å². The summed E-state index contributed by atoms with van der Waals surface area (Å²) in [5.41, 5.74) is 2.58. The minimum absolute atomic E-state index is 0.0967. The van der Waals surface area contributed by atoms with E-state index in [2.05, 4.69) is 6.07 Å². The van der Waals surface area contributed by atoms with E-state index in [1.54, 1.807) is 12.1 Å². The molecule has 3 aliphatic rings. The third-order valence-electron chi connectivity index (χ3n) is 7.12. The maximum absolute atomic E-state index is 14.2. The summed E-state index contributed by atoms with van der Waals surface area (Å²) in [4.78, 5) is 0.502. The van der Waals surface area contributed by atoms with Gasteiger partial charge in [0, 0.05) is 5.41 Å².